The number of fused-ring (bicyclic) bond motifs is 1. The molecule has 32 heavy (non-hydrogen) atoms. The van der Waals surface area contributed by atoms with Crippen LogP contribution < -0.4 is 21.9 Å². The monoisotopic (exact) mass is 430 g/mol. The molecule has 2 aromatic heterocycles. The Hall–Kier alpha value is -3.94. The molecule has 0 saturated carbocycles. The molecule has 0 aliphatic heterocycles. The molecule has 1 aliphatic carbocycles. The fraction of sp³-hybridized carbons (Fsp3) is 0.250. The van der Waals surface area contributed by atoms with Crippen LogP contribution in [-0.2, 0) is 24.2 Å². The molecule has 8 nitrogen and oxygen atoms in total. The smallest absolute Gasteiger partial charge is 0.293 e. The number of pyridine rings is 1. The number of hydrogen-bond acceptors (Lipinski definition) is 6. The first-order chi connectivity index (χ1) is 15.5. The van der Waals surface area contributed by atoms with E-state index in [1.807, 2.05) is 42.5 Å². The summed E-state index contributed by atoms with van der Waals surface area (Å²) in [7, 11) is 0. The molecule has 0 bridgehead atoms. The van der Waals surface area contributed by atoms with Crippen molar-refractivity contribution in [3.05, 3.63) is 87.6 Å². The van der Waals surface area contributed by atoms with E-state index >= 15 is 0 Å². The van der Waals surface area contributed by atoms with Gasteiger partial charge in [-0.3, -0.25) is 14.2 Å². The summed E-state index contributed by atoms with van der Waals surface area (Å²) < 4.78 is 1.43. The number of aromatic nitrogens is 3. The molecule has 164 valence electrons. The lowest BCUT2D eigenvalue weighted by Crippen LogP contribution is -2.35. The minimum atomic E-state index is -0.313. The number of anilines is 2. The number of nitrogen functional groups attached to an aromatic ring is 1. The lowest BCUT2D eigenvalue weighted by molar-refractivity contribution is -0.121. The first kappa shape index (κ1) is 21.3. The fourth-order valence-corrected chi connectivity index (χ4v) is 3.81. The minimum Gasteiger partial charge on any atom is -0.383 e. The summed E-state index contributed by atoms with van der Waals surface area (Å²) in [5.41, 5.74) is 10.4. The zero-order chi connectivity index (χ0) is 22.5. The van der Waals surface area contributed by atoms with Crippen molar-refractivity contribution in [3.63, 3.8) is 0 Å². The van der Waals surface area contributed by atoms with Gasteiger partial charge in [0.25, 0.3) is 5.56 Å². The fourth-order valence-electron chi connectivity index (χ4n) is 3.81. The molecule has 0 unspecified atom stereocenters. The summed E-state index contributed by atoms with van der Waals surface area (Å²) in [6.45, 7) is 2.59. The quantitative estimate of drug-likeness (QED) is 0.503. The topological polar surface area (TPSA) is 115 Å². The number of nitrogens with one attached hydrogen (secondary N) is 2. The first-order valence-corrected chi connectivity index (χ1v) is 10.6. The van der Waals surface area contributed by atoms with Crippen molar-refractivity contribution < 1.29 is 4.79 Å². The lowest BCUT2D eigenvalue weighted by Gasteiger charge is -2.13. The molecule has 4 N–H and O–H groups in total. The van der Waals surface area contributed by atoms with Gasteiger partial charge in [0.1, 0.15) is 12.4 Å². The molecule has 4 rings (SSSR count). The Morgan fingerprint density at radius 2 is 2.00 bits per heavy atom. The summed E-state index contributed by atoms with van der Waals surface area (Å²) in [5, 5.41) is 5.98. The highest BCUT2D eigenvalue weighted by atomic mass is 16.2. The highest BCUT2D eigenvalue weighted by Crippen LogP contribution is 2.30. The maximum atomic E-state index is 12.9. The Morgan fingerprint density at radius 1 is 1.19 bits per heavy atom. The number of allylic oxidation sites excluding steroid dienone is 1. The molecule has 1 aliphatic rings. The summed E-state index contributed by atoms with van der Waals surface area (Å²) >= 11 is 0. The Morgan fingerprint density at radius 3 is 2.81 bits per heavy atom. The second kappa shape index (κ2) is 9.47. The molecule has 0 spiro atoms. The molecule has 0 fully saturated rings. The third-order valence-electron chi connectivity index (χ3n) is 5.54. The number of hydrogen-bond donors (Lipinski definition) is 3. The van der Waals surface area contributed by atoms with Gasteiger partial charge < -0.3 is 16.4 Å². The minimum absolute atomic E-state index is 0.0801. The van der Waals surface area contributed by atoms with Gasteiger partial charge in [0.15, 0.2) is 5.82 Å². The predicted octanol–water partition coefficient (Wildman–Crippen LogP) is 1.94. The number of benzene rings is 1. The van der Waals surface area contributed by atoms with Crippen molar-refractivity contribution in [2.75, 3.05) is 24.1 Å². The number of nitrogens with zero attached hydrogens (tertiary/aromatic N) is 3. The van der Waals surface area contributed by atoms with Crippen molar-refractivity contribution in [1.82, 2.24) is 19.9 Å². The average Bonchev–Trinajstić information content (AvgIpc) is 3.22. The average molecular weight is 431 g/mol. The number of aryl methyl sites for hydroxylation is 1. The molecule has 0 saturated heterocycles. The van der Waals surface area contributed by atoms with Crippen LogP contribution >= 0.6 is 0 Å². The number of rotatable bonds is 8. The lowest BCUT2D eigenvalue weighted by atomic mass is 10.1. The van der Waals surface area contributed by atoms with Crippen molar-refractivity contribution in [3.8, 4) is 0 Å². The van der Waals surface area contributed by atoms with E-state index < -0.39 is 0 Å². The molecule has 2 heterocycles. The van der Waals surface area contributed by atoms with Crippen LogP contribution in [0.2, 0.25) is 0 Å². The second-order valence-corrected chi connectivity index (χ2v) is 7.74. The number of carbonyl (C=O) groups excluding carboxylic acids is 1. The molecular formula is C24H26N6O2. The largest absolute Gasteiger partial charge is 0.383 e. The van der Waals surface area contributed by atoms with E-state index in [0.717, 1.165) is 29.5 Å². The summed E-state index contributed by atoms with van der Waals surface area (Å²) in [5.74, 6) is 0.451. The van der Waals surface area contributed by atoms with Crippen LogP contribution in [0.5, 0.6) is 0 Å². The van der Waals surface area contributed by atoms with E-state index in [4.69, 9.17) is 5.73 Å². The SMILES string of the molecule is Cc1cnc(NCCc2ccccc2)c(=O)n1CC(=O)NCC1=CCc2ccnc(N)c21. The zero-order valence-corrected chi connectivity index (χ0v) is 18.0. The van der Waals surface area contributed by atoms with Gasteiger partial charge in [0.2, 0.25) is 5.91 Å². The third-order valence-corrected chi connectivity index (χ3v) is 5.54. The van der Waals surface area contributed by atoms with E-state index in [0.29, 0.717) is 24.6 Å². The second-order valence-electron chi connectivity index (χ2n) is 7.74. The van der Waals surface area contributed by atoms with Crippen LogP contribution in [0.4, 0.5) is 11.6 Å². The summed E-state index contributed by atoms with van der Waals surface area (Å²) in [4.78, 5) is 33.8. The van der Waals surface area contributed by atoms with Crippen LogP contribution in [0.15, 0.2) is 59.7 Å². The van der Waals surface area contributed by atoms with Gasteiger partial charge >= 0.3 is 0 Å². The van der Waals surface area contributed by atoms with E-state index in [1.54, 1.807) is 19.3 Å². The molecule has 1 amide bonds. The maximum absolute atomic E-state index is 12.9. The highest BCUT2D eigenvalue weighted by molar-refractivity contribution is 5.84. The van der Waals surface area contributed by atoms with Gasteiger partial charge in [-0.15, -0.1) is 0 Å². The van der Waals surface area contributed by atoms with Crippen molar-refractivity contribution in [1.29, 1.82) is 0 Å². The number of amides is 1. The maximum Gasteiger partial charge on any atom is 0.293 e. The Bertz CT molecular complexity index is 1220. The Balaban J connectivity index is 1.37. The molecular weight excluding hydrogens is 404 g/mol. The molecule has 0 radical (unpaired) electrons. The normalized spacial score (nSPS) is 12.2. The van der Waals surface area contributed by atoms with E-state index in [1.165, 1.54) is 10.1 Å². The van der Waals surface area contributed by atoms with E-state index in [9.17, 15) is 9.59 Å². The van der Waals surface area contributed by atoms with Gasteiger partial charge in [0, 0.05) is 36.7 Å². The van der Waals surface area contributed by atoms with Crippen LogP contribution in [0.3, 0.4) is 0 Å². The standard InChI is InChI=1S/C24H26N6O2/c1-16-13-29-23(27-11-9-17-5-3-2-4-6-17)24(32)30(16)15-20(31)28-14-19-8-7-18-10-12-26-22(25)21(18)19/h2-6,8,10,12-13H,7,9,11,14-15H2,1H3,(H2,25,26)(H,27,29)(H,28,31). The van der Waals surface area contributed by atoms with Gasteiger partial charge in [-0.25, -0.2) is 9.97 Å². The molecule has 8 heteroatoms. The van der Waals surface area contributed by atoms with Crippen LogP contribution in [-0.4, -0.2) is 33.5 Å². The van der Waals surface area contributed by atoms with Crippen molar-refractivity contribution >= 4 is 23.1 Å². The van der Waals surface area contributed by atoms with E-state index in [2.05, 4.69) is 20.6 Å². The molecule has 3 aromatic rings. The van der Waals surface area contributed by atoms with Gasteiger partial charge in [-0.2, -0.15) is 0 Å². The third kappa shape index (κ3) is 4.69. The summed E-state index contributed by atoms with van der Waals surface area (Å²) in [6.07, 6.45) is 6.87. The van der Waals surface area contributed by atoms with Crippen LogP contribution in [0.1, 0.15) is 22.4 Å². The zero-order valence-electron chi connectivity index (χ0n) is 18.0. The Kier molecular flexibility index (Phi) is 6.30. The van der Waals surface area contributed by atoms with Gasteiger partial charge in [-0.05, 0) is 42.5 Å². The van der Waals surface area contributed by atoms with Crippen molar-refractivity contribution in [2.24, 2.45) is 0 Å². The van der Waals surface area contributed by atoms with Crippen LogP contribution in [0.25, 0.3) is 5.57 Å². The van der Waals surface area contributed by atoms with Gasteiger partial charge in [-0.1, -0.05) is 36.4 Å². The highest BCUT2D eigenvalue weighted by Gasteiger charge is 2.18. The molecule has 1 aromatic carbocycles. The first-order valence-electron chi connectivity index (χ1n) is 10.6. The van der Waals surface area contributed by atoms with Crippen molar-refractivity contribution in [2.45, 2.75) is 26.3 Å². The number of nitrogens with two attached hydrogens (primary N) is 1. The predicted molar refractivity (Wildman–Crippen MR) is 125 cm³/mol. The van der Waals surface area contributed by atoms with Gasteiger partial charge in [0.05, 0.1) is 0 Å². The van der Waals surface area contributed by atoms with E-state index in [-0.39, 0.29) is 23.8 Å². The van der Waals surface area contributed by atoms with Crippen LogP contribution in [0, 0.1) is 6.92 Å². The molecule has 0 atom stereocenters. The summed E-state index contributed by atoms with van der Waals surface area (Å²) in [6, 6.07) is 11.9. The number of carbonyl (C=O) groups is 1. The Labute approximate surface area is 186 Å².